The van der Waals surface area contributed by atoms with E-state index in [0.717, 1.165) is 29.3 Å². The van der Waals surface area contributed by atoms with Crippen LogP contribution in [0.3, 0.4) is 0 Å². The van der Waals surface area contributed by atoms with Crippen LogP contribution in [0, 0.1) is 24.4 Å². The first-order valence-corrected chi connectivity index (χ1v) is 12.4. The van der Waals surface area contributed by atoms with Crippen molar-refractivity contribution in [2.75, 3.05) is 26.7 Å². The molecular weight excluding hydrogens is 470 g/mol. The lowest BCUT2D eigenvalue weighted by atomic mass is 10.0. The second kappa shape index (κ2) is 9.59. The zero-order valence-electron chi connectivity index (χ0n) is 18.8. The second-order valence-electron chi connectivity index (χ2n) is 8.47. The zero-order chi connectivity index (χ0) is 24.6. The van der Waals surface area contributed by atoms with Crippen LogP contribution >= 0.6 is 0 Å². The van der Waals surface area contributed by atoms with Crippen molar-refractivity contribution in [3.8, 4) is 11.3 Å². The summed E-state index contributed by atoms with van der Waals surface area (Å²) in [7, 11) is -2.44. The number of alkyl halides is 1. The SMILES string of the molecule is CNCCCc1ccc2c(C)c(F)c(-c3c(F)cc(S(=O)(=O)N4CC[C@H](F)C4)cc3F)nc2c1. The molecule has 0 saturated carbocycles. The van der Waals surface area contributed by atoms with E-state index in [4.69, 9.17) is 0 Å². The van der Waals surface area contributed by atoms with Gasteiger partial charge in [0.25, 0.3) is 0 Å². The maximum absolute atomic E-state index is 15.2. The quantitative estimate of drug-likeness (QED) is 0.387. The number of aryl methyl sites for hydroxylation is 2. The Hall–Kier alpha value is -2.56. The number of aromatic nitrogens is 1. The molecule has 2 heterocycles. The smallest absolute Gasteiger partial charge is 0.243 e. The van der Waals surface area contributed by atoms with E-state index >= 15 is 13.2 Å². The summed E-state index contributed by atoms with van der Waals surface area (Å²) in [5.74, 6) is -3.40. The van der Waals surface area contributed by atoms with Gasteiger partial charge in [-0.2, -0.15) is 4.31 Å². The highest BCUT2D eigenvalue weighted by atomic mass is 32.2. The molecule has 1 atom stereocenters. The molecule has 5 nitrogen and oxygen atoms in total. The van der Waals surface area contributed by atoms with Gasteiger partial charge in [0.15, 0.2) is 5.82 Å². The van der Waals surface area contributed by atoms with E-state index < -0.39 is 49.8 Å². The average Bonchev–Trinajstić information content (AvgIpc) is 3.24. The number of halogens is 4. The Morgan fingerprint density at radius 3 is 2.47 bits per heavy atom. The van der Waals surface area contributed by atoms with Crippen LogP contribution in [0.25, 0.3) is 22.2 Å². The normalized spacial score (nSPS) is 17.1. The minimum atomic E-state index is -4.29. The molecule has 1 saturated heterocycles. The molecule has 1 aliphatic heterocycles. The van der Waals surface area contributed by atoms with Crippen molar-refractivity contribution in [1.29, 1.82) is 0 Å². The summed E-state index contributed by atoms with van der Waals surface area (Å²) in [5.41, 5.74) is 0.250. The van der Waals surface area contributed by atoms with Gasteiger partial charge in [0.2, 0.25) is 10.0 Å². The van der Waals surface area contributed by atoms with Crippen LogP contribution in [0.5, 0.6) is 0 Å². The van der Waals surface area contributed by atoms with Gasteiger partial charge in [-0.3, -0.25) is 0 Å². The lowest BCUT2D eigenvalue weighted by Gasteiger charge is -2.17. The first-order valence-electron chi connectivity index (χ1n) is 11.0. The summed E-state index contributed by atoms with van der Waals surface area (Å²) in [6, 6.07) is 6.63. The summed E-state index contributed by atoms with van der Waals surface area (Å²) >= 11 is 0. The predicted molar refractivity (Wildman–Crippen MR) is 122 cm³/mol. The molecule has 0 amide bonds. The highest BCUT2D eigenvalue weighted by molar-refractivity contribution is 7.89. The van der Waals surface area contributed by atoms with Crippen molar-refractivity contribution in [3.05, 3.63) is 58.9 Å². The first kappa shape index (κ1) is 24.6. The van der Waals surface area contributed by atoms with Crippen LogP contribution in [0.1, 0.15) is 24.0 Å². The molecule has 1 aromatic heterocycles. The van der Waals surface area contributed by atoms with E-state index in [9.17, 15) is 12.8 Å². The van der Waals surface area contributed by atoms with E-state index in [1.54, 1.807) is 12.1 Å². The molecule has 10 heteroatoms. The third-order valence-corrected chi connectivity index (χ3v) is 7.95. The molecule has 0 aliphatic carbocycles. The Morgan fingerprint density at radius 2 is 1.85 bits per heavy atom. The van der Waals surface area contributed by atoms with Gasteiger partial charge in [0, 0.05) is 18.5 Å². The molecule has 2 aromatic carbocycles. The molecule has 0 bridgehead atoms. The number of fused-ring (bicyclic) bond motifs is 1. The minimum Gasteiger partial charge on any atom is -0.320 e. The van der Waals surface area contributed by atoms with Crippen LogP contribution in [0.15, 0.2) is 35.2 Å². The van der Waals surface area contributed by atoms with E-state index in [1.165, 1.54) is 6.92 Å². The van der Waals surface area contributed by atoms with Gasteiger partial charge in [-0.25, -0.2) is 31.0 Å². The summed E-state index contributed by atoms with van der Waals surface area (Å²) in [5, 5.41) is 3.58. The van der Waals surface area contributed by atoms with Gasteiger partial charge >= 0.3 is 0 Å². The highest BCUT2D eigenvalue weighted by Gasteiger charge is 2.34. The third-order valence-electron chi connectivity index (χ3n) is 6.11. The maximum atomic E-state index is 15.2. The lowest BCUT2D eigenvalue weighted by Crippen LogP contribution is -2.29. The third kappa shape index (κ3) is 4.54. The Labute approximate surface area is 195 Å². The number of hydrogen-bond acceptors (Lipinski definition) is 4. The molecule has 0 unspecified atom stereocenters. The molecule has 4 rings (SSSR count). The van der Waals surface area contributed by atoms with E-state index in [2.05, 4.69) is 10.3 Å². The van der Waals surface area contributed by atoms with Crippen LogP contribution in [0.4, 0.5) is 17.6 Å². The number of rotatable bonds is 7. The second-order valence-corrected chi connectivity index (χ2v) is 10.4. The minimum absolute atomic E-state index is 0.0186. The van der Waals surface area contributed by atoms with Crippen LogP contribution in [-0.4, -0.2) is 50.6 Å². The van der Waals surface area contributed by atoms with Crippen LogP contribution < -0.4 is 5.32 Å². The molecule has 34 heavy (non-hydrogen) atoms. The number of sulfonamides is 1. The fraction of sp³-hybridized carbons (Fsp3) is 0.375. The molecular formula is C24H25F4N3O2S. The number of hydrogen-bond donors (Lipinski definition) is 1. The number of nitrogens with one attached hydrogen (secondary N) is 1. The van der Waals surface area contributed by atoms with E-state index in [1.807, 2.05) is 13.1 Å². The summed E-state index contributed by atoms with van der Waals surface area (Å²) in [6.07, 6.45) is 0.306. The summed E-state index contributed by atoms with van der Waals surface area (Å²) in [4.78, 5) is 3.57. The predicted octanol–water partition coefficient (Wildman–Crippen LogP) is 4.51. The molecule has 1 N–H and O–H groups in total. The van der Waals surface area contributed by atoms with Crippen molar-refractivity contribution < 1.29 is 26.0 Å². The number of nitrogens with zero attached hydrogens (tertiary/aromatic N) is 2. The Morgan fingerprint density at radius 1 is 1.15 bits per heavy atom. The Kier molecular flexibility index (Phi) is 6.93. The van der Waals surface area contributed by atoms with Crippen molar-refractivity contribution in [3.63, 3.8) is 0 Å². The fourth-order valence-corrected chi connectivity index (χ4v) is 5.73. The fourth-order valence-electron chi connectivity index (χ4n) is 4.22. The lowest BCUT2D eigenvalue weighted by molar-refractivity contribution is 0.343. The number of benzene rings is 2. The maximum Gasteiger partial charge on any atom is 0.243 e. The van der Waals surface area contributed by atoms with Gasteiger partial charge in [-0.15, -0.1) is 0 Å². The molecule has 3 aromatic rings. The monoisotopic (exact) mass is 495 g/mol. The molecule has 0 radical (unpaired) electrons. The van der Waals surface area contributed by atoms with Gasteiger partial charge < -0.3 is 5.32 Å². The molecule has 1 fully saturated rings. The van der Waals surface area contributed by atoms with Crippen molar-refractivity contribution in [1.82, 2.24) is 14.6 Å². The van der Waals surface area contributed by atoms with Gasteiger partial charge in [-0.05, 0) is 69.1 Å². The Bertz CT molecular complexity index is 1320. The van der Waals surface area contributed by atoms with E-state index in [-0.39, 0.29) is 25.1 Å². The molecule has 0 spiro atoms. The number of pyridine rings is 1. The van der Waals surface area contributed by atoms with Crippen molar-refractivity contribution in [2.24, 2.45) is 0 Å². The molecule has 1 aliphatic rings. The van der Waals surface area contributed by atoms with Crippen molar-refractivity contribution >= 4 is 20.9 Å². The Balaban J connectivity index is 1.78. The summed E-state index contributed by atoms with van der Waals surface area (Å²) < 4.78 is 85.1. The van der Waals surface area contributed by atoms with Gasteiger partial charge in [-0.1, -0.05) is 12.1 Å². The van der Waals surface area contributed by atoms with E-state index in [0.29, 0.717) is 23.0 Å². The van der Waals surface area contributed by atoms with Crippen LogP contribution in [0.2, 0.25) is 0 Å². The van der Waals surface area contributed by atoms with Crippen LogP contribution in [-0.2, 0) is 16.4 Å². The first-order chi connectivity index (χ1) is 16.1. The molecule has 182 valence electrons. The highest BCUT2D eigenvalue weighted by Crippen LogP contribution is 2.34. The van der Waals surface area contributed by atoms with Gasteiger partial charge in [0.1, 0.15) is 23.5 Å². The van der Waals surface area contributed by atoms with Crippen molar-refractivity contribution in [2.45, 2.75) is 37.3 Å². The topological polar surface area (TPSA) is 62.3 Å². The zero-order valence-corrected chi connectivity index (χ0v) is 19.7. The largest absolute Gasteiger partial charge is 0.320 e. The average molecular weight is 496 g/mol. The standard InChI is InChI=1S/C24H25F4N3O2S/c1-14-18-6-5-15(4-3-8-29-2)10-21(18)30-24(23(14)28)22-19(26)11-17(12-20(22)27)34(32,33)31-9-7-16(25)13-31/h5-6,10-12,16,29H,3-4,7-9,13H2,1-2H3/t16-/m0/s1. The van der Waals surface area contributed by atoms with Gasteiger partial charge in [0.05, 0.1) is 16.0 Å². The summed E-state index contributed by atoms with van der Waals surface area (Å²) in [6.45, 7) is 1.86.